The van der Waals surface area contributed by atoms with E-state index in [9.17, 15) is 9.59 Å². The van der Waals surface area contributed by atoms with E-state index in [1.54, 1.807) is 0 Å². The van der Waals surface area contributed by atoms with Gasteiger partial charge >= 0.3 is 0 Å². The van der Waals surface area contributed by atoms with E-state index in [1.807, 2.05) is 11.8 Å². The van der Waals surface area contributed by atoms with Gasteiger partial charge in [0.05, 0.1) is 12.0 Å². The molecule has 2 atom stereocenters. The monoisotopic (exact) mass is 358 g/mol. The van der Waals surface area contributed by atoms with Crippen molar-refractivity contribution >= 4 is 11.8 Å². The van der Waals surface area contributed by atoms with E-state index in [4.69, 9.17) is 0 Å². The van der Waals surface area contributed by atoms with Crippen LogP contribution in [-0.4, -0.2) is 29.8 Å². The number of rotatable bonds is 6. The summed E-state index contributed by atoms with van der Waals surface area (Å²) >= 11 is 0. The fraction of sp³-hybridized carbons (Fsp3) is 0.636. The molecule has 1 aromatic carbocycles. The van der Waals surface area contributed by atoms with Crippen molar-refractivity contribution in [1.29, 1.82) is 0 Å². The predicted octanol–water partition coefficient (Wildman–Crippen LogP) is 4.27. The standard InChI is InChI=1S/C22H34N2O2/c1-6-20(25)24-13-7-8-19(14-24)22(26)23-21(16(4)5)18-11-9-17(10-12-18)15(2)3/h9-12,15-16,19,21H,6-8,13-14H2,1-5H3,(H,23,26). The van der Waals surface area contributed by atoms with Crippen LogP contribution < -0.4 is 5.32 Å². The van der Waals surface area contributed by atoms with Gasteiger partial charge in [0.15, 0.2) is 0 Å². The molecule has 1 saturated heterocycles. The molecule has 4 heteroatoms. The molecule has 4 nitrogen and oxygen atoms in total. The van der Waals surface area contributed by atoms with Crippen molar-refractivity contribution in [3.63, 3.8) is 0 Å². The highest BCUT2D eigenvalue weighted by Gasteiger charge is 2.29. The lowest BCUT2D eigenvalue weighted by Crippen LogP contribution is -2.46. The number of carbonyl (C=O) groups excluding carboxylic acids is 2. The Bertz CT molecular complexity index is 607. The Labute approximate surface area is 158 Å². The van der Waals surface area contributed by atoms with E-state index in [-0.39, 0.29) is 23.8 Å². The molecule has 1 heterocycles. The van der Waals surface area contributed by atoms with Crippen molar-refractivity contribution < 1.29 is 9.59 Å². The van der Waals surface area contributed by atoms with Gasteiger partial charge in [0, 0.05) is 19.5 Å². The maximum atomic E-state index is 12.9. The lowest BCUT2D eigenvalue weighted by atomic mass is 9.91. The Balaban J connectivity index is 2.06. The Morgan fingerprint density at radius 3 is 2.27 bits per heavy atom. The second-order valence-corrected chi connectivity index (χ2v) is 8.08. The number of hydrogen-bond acceptors (Lipinski definition) is 2. The normalized spacial score (nSPS) is 18.9. The maximum absolute atomic E-state index is 12.9. The van der Waals surface area contributed by atoms with Crippen LogP contribution >= 0.6 is 0 Å². The van der Waals surface area contributed by atoms with Crippen LogP contribution in [0.1, 0.15) is 77.0 Å². The fourth-order valence-corrected chi connectivity index (χ4v) is 3.64. The second-order valence-electron chi connectivity index (χ2n) is 8.08. The Morgan fingerprint density at radius 2 is 1.73 bits per heavy atom. The quantitative estimate of drug-likeness (QED) is 0.825. The lowest BCUT2D eigenvalue weighted by Gasteiger charge is -2.33. The zero-order valence-electron chi connectivity index (χ0n) is 16.9. The van der Waals surface area contributed by atoms with Crippen LogP contribution in [0.5, 0.6) is 0 Å². The van der Waals surface area contributed by atoms with Crippen LogP contribution in [0.25, 0.3) is 0 Å². The van der Waals surface area contributed by atoms with Gasteiger partial charge < -0.3 is 10.2 Å². The number of benzene rings is 1. The van der Waals surface area contributed by atoms with Crippen LogP contribution in [0.4, 0.5) is 0 Å². The van der Waals surface area contributed by atoms with Crippen LogP contribution in [0.2, 0.25) is 0 Å². The highest BCUT2D eigenvalue weighted by atomic mass is 16.2. The maximum Gasteiger partial charge on any atom is 0.225 e. The summed E-state index contributed by atoms with van der Waals surface area (Å²) in [5, 5.41) is 3.25. The number of hydrogen-bond donors (Lipinski definition) is 1. The van der Waals surface area contributed by atoms with Crippen molar-refractivity contribution in [2.75, 3.05) is 13.1 Å². The van der Waals surface area contributed by atoms with Gasteiger partial charge in [-0.05, 0) is 35.8 Å². The van der Waals surface area contributed by atoms with Crippen LogP contribution in [0, 0.1) is 11.8 Å². The van der Waals surface area contributed by atoms with Gasteiger partial charge in [-0.25, -0.2) is 0 Å². The second kappa shape index (κ2) is 9.20. The molecule has 2 unspecified atom stereocenters. The Kier molecular flexibility index (Phi) is 7.24. The first kappa shape index (κ1) is 20.5. The first-order valence-electron chi connectivity index (χ1n) is 10.0. The van der Waals surface area contributed by atoms with E-state index >= 15 is 0 Å². The Hall–Kier alpha value is -1.84. The number of carbonyl (C=O) groups is 2. The lowest BCUT2D eigenvalue weighted by molar-refractivity contribution is -0.135. The number of nitrogens with zero attached hydrogens (tertiary/aromatic N) is 1. The minimum atomic E-state index is -0.101. The molecule has 1 aromatic rings. The fourth-order valence-electron chi connectivity index (χ4n) is 3.64. The van der Waals surface area contributed by atoms with Gasteiger partial charge in [0.1, 0.15) is 0 Å². The van der Waals surface area contributed by atoms with Crippen molar-refractivity contribution in [3.05, 3.63) is 35.4 Å². The summed E-state index contributed by atoms with van der Waals surface area (Å²) in [7, 11) is 0. The molecule has 1 aliphatic heterocycles. The average molecular weight is 359 g/mol. The number of amides is 2. The minimum absolute atomic E-state index is 0.000894. The molecule has 0 spiro atoms. The topological polar surface area (TPSA) is 49.4 Å². The van der Waals surface area contributed by atoms with Gasteiger partial charge in [0.2, 0.25) is 11.8 Å². The van der Waals surface area contributed by atoms with Gasteiger partial charge in [-0.1, -0.05) is 58.9 Å². The van der Waals surface area contributed by atoms with Gasteiger partial charge in [-0.2, -0.15) is 0 Å². The molecule has 144 valence electrons. The summed E-state index contributed by atoms with van der Waals surface area (Å²) in [5.41, 5.74) is 2.46. The third-order valence-corrected chi connectivity index (χ3v) is 5.37. The van der Waals surface area contributed by atoms with E-state index in [2.05, 4.69) is 57.3 Å². The highest BCUT2D eigenvalue weighted by molar-refractivity contribution is 5.81. The predicted molar refractivity (Wildman–Crippen MR) is 106 cm³/mol. The van der Waals surface area contributed by atoms with Crippen molar-refractivity contribution in [3.8, 4) is 0 Å². The van der Waals surface area contributed by atoms with Crippen molar-refractivity contribution in [1.82, 2.24) is 10.2 Å². The molecule has 0 aromatic heterocycles. The smallest absolute Gasteiger partial charge is 0.225 e. The molecule has 0 radical (unpaired) electrons. The van der Waals surface area contributed by atoms with E-state index in [0.29, 0.717) is 24.8 Å². The Morgan fingerprint density at radius 1 is 1.12 bits per heavy atom. The largest absolute Gasteiger partial charge is 0.349 e. The summed E-state index contributed by atoms with van der Waals surface area (Å²) in [6.07, 6.45) is 2.26. The third kappa shape index (κ3) is 5.09. The van der Waals surface area contributed by atoms with E-state index in [0.717, 1.165) is 24.9 Å². The molecule has 0 aliphatic carbocycles. The average Bonchev–Trinajstić information content (AvgIpc) is 2.65. The van der Waals surface area contributed by atoms with Crippen LogP contribution in [0.3, 0.4) is 0 Å². The molecule has 0 bridgehead atoms. The van der Waals surface area contributed by atoms with Crippen LogP contribution in [0.15, 0.2) is 24.3 Å². The molecule has 1 N–H and O–H groups in total. The van der Waals surface area contributed by atoms with Crippen molar-refractivity contribution in [2.45, 2.75) is 65.8 Å². The van der Waals surface area contributed by atoms with E-state index < -0.39 is 0 Å². The summed E-state index contributed by atoms with van der Waals surface area (Å²) in [5.74, 6) is 0.925. The van der Waals surface area contributed by atoms with Crippen LogP contribution in [-0.2, 0) is 9.59 Å². The number of likely N-dealkylation sites (tertiary alicyclic amines) is 1. The SMILES string of the molecule is CCC(=O)N1CCCC(C(=O)NC(c2ccc(C(C)C)cc2)C(C)C)C1. The molecule has 26 heavy (non-hydrogen) atoms. The number of piperidine rings is 1. The van der Waals surface area contributed by atoms with Gasteiger partial charge in [-0.3, -0.25) is 9.59 Å². The first-order valence-corrected chi connectivity index (χ1v) is 10.0. The van der Waals surface area contributed by atoms with Gasteiger partial charge in [0.25, 0.3) is 0 Å². The summed E-state index contributed by atoms with van der Waals surface area (Å²) in [6, 6.07) is 8.58. The van der Waals surface area contributed by atoms with Crippen molar-refractivity contribution in [2.24, 2.45) is 11.8 Å². The molecule has 0 saturated carbocycles. The van der Waals surface area contributed by atoms with E-state index in [1.165, 1.54) is 5.56 Å². The molecular weight excluding hydrogens is 324 g/mol. The zero-order valence-corrected chi connectivity index (χ0v) is 16.9. The minimum Gasteiger partial charge on any atom is -0.349 e. The summed E-state index contributed by atoms with van der Waals surface area (Å²) in [6.45, 7) is 11.8. The molecule has 1 aliphatic rings. The molecule has 2 rings (SSSR count). The zero-order chi connectivity index (χ0) is 19.3. The van der Waals surface area contributed by atoms with Gasteiger partial charge in [-0.15, -0.1) is 0 Å². The third-order valence-electron chi connectivity index (χ3n) is 5.37. The molecule has 2 amide bonds. The highest BCUT2D eigenvalue weighted by Crippen LogP contribution is 2.26. The number of nitrogens with one attached hydrogen (secondary N) is 1. The summed E-state index contributed by atoms with van der Waals surface area (Å²) < 4.78 is 0. The molecular formula is C22H34N2O2. The summed E-state index contributed by atoms with van der Waals surface area (Å²) in [4.78, 5) is 26.7. The molecule has 1 fully saturated rings. The first-order chi connectivity index (χ1) is 12.3.